The SMILES string of the molecule is CC(CCCO)NC(C)c1csc(Cl)c1. The Labute approximate surface area is 100 Å². The van der Waals surface area contributed by atoms with E-state index < -0.39 is 0 Å². The first-order chi connectivity index (χ1) is 7.13. The van der Waals surface area contributed by atoms with E-state index in [1.54, 1.807) is 11.3 Å². The Morgan fingerprint density at radius 2 is 2.27 bits per heavy atom. The molecule has 1 rings (SSSR count). The number of nitrogens with one attached hydrogen (secondary N) is 1. The van der Waals surface area contributed by atoms with E-state index in [1.807, 2.05) is 6.07 Å². The molecule has 15 heavy (non-hydrogen) atoms. The van der Waals surface area contributed by atoms with Crippen LogP contribution in [0.25, 0.3) is 0 Å². The Hall–Kier alpha value is -0.0900. The standard InChI is InChI=1S/C11H18ClNOS/c1-8(4-3-5-14)13-9(2)10-6-11(12)15-7-10/h6-9,13-14H,3-5H2,1-2H3. The van der Waals surface area contributed by atoms with Crippen molar-refractivity contribution in [2.45, 2.75) is 38.8 Å². The van der Waals surface area contributed by atoms with Crippen LogP contribution in [-0.2, 0) is 0 Å². The number of aliphatic hydroxyl groups excluding tert-OH is 1. The minimum atomic E-state index is 0.269. The zero-order valence-electron chi connectivity index (χ0n) is 9.16. The van der Waals surface area contributed by atoms with Gasteiger partial charge in [-0.3, -0.25) is 0 Å². The molecule has 1 heterocycles. The third-order valence-electron chi connectivity index (χ3n) is 2.42. The molecule has 0 aliphatic rings. The number of hydrogen-bond donors (Lipinski definition) is 2. The molecule has 2 unspecified atom stereocenters. The molecule has 2 atom stereocenters. The first-order valence-corrected chi connectivity index (χ1v) is 6.50. The van der Waals surface area contributed by atoms with Gasteiger partial charge >= 0.3 is 0 Å². The van der Waals surface area contributed by atoms with Crippen molar-refractivity contribution in [3.63, 3.8) is 0 Å². The summed E-state index contributed by atoms with van der Waals surface area (Å²) in [5.41, 5.74) is 1.24. The summed E-state index contributed by atoms with van der Waals surface area (Å²) in [7, 11) is 0. The monoisotopic (exact) mass is 247 g/mol. The Kier molecular flexibility index (Phi) is 5.61. The zero-order valence-corrected chi connectivity index (χ0v) is 10.7. The smallest absolute Gasteiger partial charge is 0.0931 e. The number of hydrogen-bond acceptors (Lipinski definition) is 3. The van der Waals surface area contributed by atoms with Crippen LogP contribution >= 0.6 is 22.9 Å². The molecule has 0 aromatic carbocycles. The van der Waals surface area contributed by atoms with Crippen LogP contribution in [0.4, 0.5) is 0 Å². The average Bonchev–Trinajstić information content (AvgIpc) is 2.61. The van der Waals surface area contributed by atoms with Crippen LogP contribution in [0.5, 0.6) is 0 Å². The quantitative estimate of drug-likeness (QED) is 0.809. The third kappa shape index (κ3) is 4.51. The van der Waals surface area contributed by atoms with E-state index in [0.717, 1.165) is 17.2 Å². The number of halogens is 1. The second-order valence-electron chi connectivity index (χ2n) is 3.84. The largest absolute Gasteiger partial charge is 0.396 e. The number of aliphatic hydroxyl groups is 1. The minimum Gasteiger partial charge on any atom is -0.396 e. The lowest BCUT2D eigenvalue weighted by molar-refractivity contribution is 0.274. The van der Waals surface area contributed by atoms with Gasteiger partial charge < -0.3 is 10.4 Å². The van der Waals surface area contributed by atoms with E-state index in [-0.39, 0.29) is 6.61 Å². The van der Waals surface area contributed by atoms with E-state index in [2.05, 4.69) is 24.5 Å². The molecule has 4 heteroatoms. The number of rotatable bonds is 6. The summed E-state index contributed by atoms with van der Waals surface area (Å²) >= 11 is 7.45. The predicted molar refractivity (Wildman–Crippen MR) is 66.7 cm³/mol. The lowest BCUT2D eigenvalue weighted by Crippen LogP contribution is -2.28. The van der Waals surface area contributed by atoms with Gasteiger partial charge in [-0.15, -0.1) is 11.3 Å². The lowest BCUT2D eigenvalue weighted by atomic mass is 10.1. The second-order valence-corrected chi connectivity index (χ2v) is 5.38. The molecule has 0 aliphatic heterocycles. The fourth-order valence-electron chi connectivity index (χ4n) is 1.55. The summed E-state index contributed by atoms with van der Waals surface area (Å²) in [4.78, 5) is 0. The summed E-state index contributed by atoms with van der Waals surface area (Å²) in [6.45, 7) is 4.54. The van der Waals surface area contributed by atoms with Crippen molar-refractivity contribution in [2.75, 3.05) is 6.61 Å². The van der Waals surface area contributed by atoms with Crippen LogP contribution < -0.4 is 5.32 Å². The van der Waals surface area contributed by atoms with Gasteiger partial charge in [0.05, 0.1) is 4.34 Å². The van der Waals surface area contributed by atoms with Gasteiger partial charge in [0.25, 0.3) is 0 Å². The highest BCUT2D eigenvalue weighted by atomic mass is 35.5. The lowest BCUT2D eigenvalue weighted by Gasteiger charge is -2.18. The van der Waals surface area contributed by atoms with Crippen LogP contribution in [-0.4, -0.2) is 17.8 Å². The van der Waals surface area contributed by atoms with Gasteiger partial charge in [0, 0.05) is 18.7 Å². The summed E-state index contributed by atoms with van der Waals surface area (Å²) in [6.07, 6.45) is 1.85. The predicted octanol–water partition coefficient (Wildman–Crippen LogP) is 3.21. The van der Waals surface area contributed by atoms with E-state index in [0.29, 0.717) is 12.1 Å². The van der Waals surface area contributed by atoms with Crippen molar-refractivity contribution in [1.29, 1.82) is 0 Å². The summed E-state index contributed by atoms with van der Waals surface area (Å²) < 4.78 is 0.835. The van der Waals surface area contributed by atoms with Crippen LogP contribution in [0.1, 0.15) is 38.3 Å². The van der Waals surface area contributed by atoms with Gasteiger partial charge in [0.15, 0.2) is 0 Å². The van der Waals surface area contributed by atoms with Gasteiger partial charge in [-0.1, -0.05) is 11.6 Å². The van der Waals surface area contributed by atoms with E-state index in [9.17, 15) is 0 Å². The Morgan fingerprint density at radius 1 is 1.53 bits per heavy atom. The average molecular weight is 248 g/mol. The molecular weight excluding hydrogens is 230 g/mol. The van der Waals surface area contributed by atoms with Crippen molar-refractivity contribution in [3.05, 3.63) is 21.3 Å². The number of thiophene rings is 1. The highest BCUT2D eigenvalue weighted by molar-refractivity contribution is 7.14. The van der Waals surface area contributed by atoms with Crippen LogP contribution in [0, 0.1) is 0 Å². The van der Waals surface area contributed by atoms with Gasteiger partial charge in [-0.2, -0.15) is 0 Å². The molecule has 0 bridgehead atoms. The van der Waals surface area contributed by atoms with Gasteiger partial charge in [0.1, 0.15) is 0 Å². The van der Waals surface area contributed by atoms with Crippen molar-refractivity contribution < 1.29 is 5.11 Å². The zero-order chi connectivity index (χ0) is 11.3. The molecule has 86 valence electrons. The second kappa shape index (κ2) is 6.48. The Balaban J connectivity index is 2.38. The molecule has 0 amide bonds. The maximum absolute atomic E-state index is 8.73. The van der Waals surface area contributed by atoms with Crippen molar-refractivity contribution >= 4 is 22.9 Å². The topological polar surface area (TPSA) is 32.3 Å². The maximum Gasteiger partial charge on any atom is 0.0931 e. The van der Waals surface area contributed by atoms with E-state index in [4.69, 9.17) is 16.7 Å². The Bertz CT molecular complexity index is 290. The molecular formula is C11H18ClNOS. The first-order valence-electron chi connectivity index (χ1n) is 5.24. The molecule has 1 aromatic rings. The molecule has 0 spiro atoms. The van der Waals surface area contributed by atoms with E-state index >= 15 is 0 Å². The molecule has 0 fully saturated rings. The van der Waals surface area contributed by atoms with Crippen molar-refractivity contribution in [2.24, 2.45) is 0 Å². The molecule has 0 saturated carbocycles. The van der Waals surface area contributed by atoms with Crippen molar-refractivity contribution in [1.82, 2.24) is 5.32 Å². The minimum absolute atomic E-state index is 0.269. The highest BCUT2D eigenvalue weighted by Gasteiger charge is 2.10. The van der Waals surface area contributed by atoms with Gasteiger partial charge in [-0.05, 0) is 43.7 Å². The normalized spacial score (nSPS) is 15.2. The molecule has 0 saturated heterocycles. The maximum atomic E-state index is 8.73. The first kappa shape index (κ1) is 13.0. The Morgan fingerprint density at radius 3 is 2.80 bits per heavy atom. The van der Waals surface area contributed by atoms with Gasteiger partial charge in [-0.25, -0.2) is 0 Å². The summed E-state index contributed by atoms with van der Waals surface area (Å²) in [5, 5.41) is 14.3. The fraction of sp³-hybridized carbons (Fsp3) is 0.636. The van der Waals surface area contributed by atoms with Gasteiger partial charge in [0.2, 0.25) is 0 Å². The molecule has 1 aromatic heterocycles. The van der Waals surface area contributed by atoms with E-state index in [1.165, 1.54) is 5.56 Å². The molecule has 0 radical (unpaired) electrons. The third-order valence-corrected chi connectivity index (χ3v) is 3.53. The van der Waals surface area contributed by atoms with Crippen LogP contribution in [0.3, 0.4) is 0 Å². The molecule has 2 N–H and O–H groups in total. The van der Waals surface area contributed by atoms with Crippen LogP contribution in [0.2, 0.25) is 4.34 Å². The van der Waals surface area contributed by atoms with Crippen LogP contribution in [0.15, 0.2) is 11.4 Å². The summed E-state index contributed by atoms with van der Waals surface area (Å²) in [6, 6.07) is 2.75. The summed E-state index contributed by atoms with van der Waals surface area (Å²) in [5.74, 6) is 0. The molecule has 2 nitrogen and oxygen atoms in total. The highest BCUT2D eigenvalue weighted by Crippen LogP contribution is 2.25. The fourth-order valence-corrected chi connectivity index (χ4v) is 2.54. The molecule has 0 aliphatic carbocycles. The van der Waals surface area contributed by atoms with Crippen molar-refractivity contribution in [3.8, 4) is 0 Å².